The SMILES string of the molecule is ClN1C[C@H]2CC(c3ccncc3)=C[C@H]2C1. The van der Waals surface area contributed by atoms with Crippen LogP contribution in [-0.2, 0) is 0 Å². The van der Waals surface area contributed by atoms with Gasteiger partial charge in [0, 0.05) is 25.5 Å². The van der Waals surface area contributed by atoms with Crippen LogP contribution in [0.1, 0.15) is 12.0 Å². The highest BCUT2D eigenvalue weighted by atomic mass is 35.5. The first-order valence-corrected chi connectivity index (χ1v) is 5.68. The molecule has 78 valence electrons. The van der Waals surface area contributed by atoms with Crippen LogP contribution in [-0.4, -0.2) is 22.5 Å². The zero-order valence-corrected chi connectivity index (χ0v) is 9.19. The fourth-order valence-corrected chi connectivity index (χ4v) is 2.97. The van der Waals surface area contributed by atoms with Crippen molar-refractivity contribution >= 4 is 17.3 Å². The van der Waals surface area contributed by atoms with Crippen molar-refractivity contribution in [2.24, 2.45) is 11.8 Å². The van der Waals surface area contributed by atoms with Crippen LogP contribution in [0.3, 0.4) is 0 Å². The number of halogens is 1. The van der Waals surface area contributed by atoms with Gasteiger partial charge in [0.15, 0.2) is 0 Å². The van der Waals surface area contributed by atoms with Gasteiger partial charge in [-0.2, -0.15) is 0 Å². The molecule has 0 amide bonds. The smallest absolute Gasteiger partial charge is 0.0273 e. The molecule has 0 bridgehead atoms. The van der Waals surface area contributed by atoms with E-state index in [9.17, 15) is 0 Å². The Bertz CT molecular complexity index is 388. The van der Waals surface area contributed by atoms with Gasteiger partial charge in [0.25, 0.3) is 0 Å². The first kappa shape index (κ1) is 9.37. The first-order chi connectivity index (χ1) is 7.33. The highest BCUT2D eigenvalue weighted by Gasteiger charge is 2.35. The summed E-state index contributed by atoms with van der Waals surface area (Å²) in [5.41, 5.74) is 2.79. The number of rotatable bonds is 1. The molecule has 3 heteroatoms. The summed E-state index contributed by atoms with van der Waals surface area (Å²) >= 11 is 6.00. The summed E-state index contributed by atoms with van der Waals surface area (Å²) in [6, 6.07) is 4.18. The van der Waals surface area contributed by atoms with Crippen LogP contribution in [0.15, 0.2) is 30.6 Å². The van der Waals surface area contributed by atoms with Crippen LogP contribution < -0.4 is 0 Å². The van der Waals surface area contributed by atoms with Crippen molar-refractivity contribution in [2.45, 2.75) is 6.42 Å². The molecule has 0 N–H and O–H groups in total. The largest absolute Gasteiger partial charge is 0.265 e. The normalized spacial score (nSPS) is 30.3. The minimum atomic E-state index is 0.658. The summed E-state index contributed by atoms with van der Waals surface area (Å²) in [6.45, 7) is 2.03. The van der Waals surface area contributed by atoms with Gasteiger partial charge in [-0.3, -0.25) is 4.98 Å². The van der Waals surface area contributed by atoms with Crippen LogP contribution in [0.5, 0.6) is 0 Å². The lowest BCUT2D eigenvalue weighted by Crippen LogP contribution is -2.07. The molecule has 2 atom stereocenters. The maximum atomic E-state index is 6.00. The van der Waals surface area contributed by atoms with Gasteiger partial charge in [0.05, 0.1) is 0 Å². The summed E-state index contributed by atoms with van der Waals surface area (Å²) in [7, 11) is 0. The molecule has 15 heavy (non-hydrogen) atoms. The Hall–Kier alpha value is -0.860. The van der Waals surface area contributed by atoms with Crippen molar-refractivity contribution in [2.75, 3.05) is 13.1 Å². The highest BCUT2D eigenvalue weighted by molar-refractivity contribution is 6.13. The molecule has 2 heterocycles. The molecule has 0 spiro atoms. The van der Waals surface area contributed by atoms with Gasteiger partial charge in [0.2, 0.25) is 0 Å². The Morgan fingerprint density at radius 2 is 2.07 bits per heavy atom. The predicted octanol–water partition coefficient (Wildman–Crippen LogP) is 2.57. The van der Waals surface area contributed by atoms with Gasteiger partial charge >= 0.3 is 0 Å². The molecule has 2 nitrogen and oxygen atoms in total. The average molecular weight is 221 g/mol. The van der Waals surface area contributed by atoms with Gasteiger partial charge in [-0.15, -0.1) is 0 Å². The van der Waals surface area contributed by atoms with Crippen LogP contribution in [0.25, 0.3) is 5.57 Å². The zero-order valence-electron chi connectivity index (χ0n) is 8.44. The molecule has 1 aliphatic heterocycles. The fourth-order valence-electron chi connectivity index (χ4n) is 2.64. The summed E-state index contributed by atoms with van der Waals surface area (Å²) in [5.74, 6) is 1.39. The molecule has 1 aliphatic carbocycles. The van der Waals surface area contributed by atoms with Crippen LogP contribution >= 0.6 is 11.8 Å². The van der Waals surface area contributed by atoms with Crippen LogP contribution in [0.4, 0.5) is 0 Å². The minimum absolute atomic E-state index is 0.658. The molecule has 1 fully saturated rings. The number of hydrogen-bond donors (Lipinski definition) is 0. The molecule has 0 saturated carbocycles. The van der Waals surface area contributed by atoms with Crippen molar-refractivity contribution in [3.63, 3.8) is 0 Å². The summed E-state index contributed by atoms with van der Waals surface area (Å²) in [6.07, 6.45) is 7.27. The molecule has 0 aromatic carbocycles. The van der Waals surface area contributed by atoms with Crippen LogP contribution in [0.2, 0.25) is 0 Å². The third kappa shape index (κ3) is 1.68. The van der Waals surface area contributed by atoms with Crippen molar-refractivity contribution in [1.29, 1.82) is 0 Å². The number of nitrogens with zero attached hydrogens (tertiary/aromatic N) is 2. The van der Waals surface area contributed by atoms with Gasteiger partial charge < -0.3 is 0 Å². The van der Waals surface area contributed by atoms with E-state index in [1.807, 2.05) is 16.8 Å². The third-order valence-corrected chi connectivity index (χ3v) is 3.67. The lowest BCUT2D eigenvalue weighted by atomic mass is 9.99. The van der Waals surface area contributed by atoms with Gasteiger partial charge in [0.1, 0.15) is 0 Å². The maximum Gasteiger partial charge on any atom is 0.0273 e. The molecule has 2 aliphatic rings. The summed E-state index contributed by atoms with van der Waals surface area (Å²) in [4.78, 5) is 4.04. The van der Waals surface area contributed by atoms with Crippen molar-refractivity contribution in [1.82, 2.24) is 9.40 Å². The Morgan fingerprint density at radius 1 is 1.27 bits per heavy atom. The monoisotopic (exact) mass is 220 g/mol. The summed E-state index contributed by atoms with van der Waals surface area (Å²) < 4.78 is 1.91. The van der Waals surface area contributed by atoms with E-state index in [4.69, 9.17) is 11.8 Å². The van der Waals surface area contributed by atoms with E-state index in [1.54, 1.807) is 0 Å². The number of fused-ring (bicyclic) bond motifs is 1. The lowest BCUT2D eigenvalue weighted by Gasteiger charge is -2.07. The van der Waals surface area contributed by atoms with Crippen molar-refractivity contribution < 1.29 is 0 Å². The highest BCUT2D eigenvalue weighted by Crippen LogP contribution is 2.41. The van der Waals surface area contributed by atoms with Gasteiger partial charge in [-0.05, 0) is 53.3 Å². The van der Waals surface area contributed by atoms with Crippen LogP contribution in [0, 0.1) is 11.8 Å². The molecule has 0 radical (unpaired) electrons. The predicted molar refractivity (Wildman–Crippen MR) is 61.2 cm³/mol. The van der Waals surface area contributed by atoms with E-state index >= 15 is 0 Å². The third-order valence-electron chi connectivity index (χ3n) is 3.40. The standard InChI is InChI=1S/C12H13ClN2/c13-15-7-11-5-10(6-12(11)8-15)9-1-3-14-4-2-9/h1-5,11-12H,6-8H2/t11-,12+/m0/s1. The minimum Gasteiger partial charge on any atom is -0.265 e. The average Bonchev–Trinajstić information content (AvgIpc) is 2.76. The molecule has 0 unspecified atom stereocenters. The van der Waals surface area contributed by atoms with E-state index in [0.29, 0.717) is 5.92 Å². The Morgan fingerprint density at radius 3 is 2.80 bits per heavy atom. The van der Waals surface area contributed by atoms with Gasteiger partial charge in [-0.1, -0.05) is 6.08 Å². The second-order valence-corrected chi connectivity index (χ2v) is 4.86. The Balaban J connectivity index is 1.84. The quantitative estimate of drug-likeness (QED) is 0.677. The molecule has 1 aromatic heterocycles. The number of hydrogen-bond acceptors (Lipinski definition) is 2. The number of aromatic nitrogens is 1. The van der Waals surface area contributed by atoms with E-state index in [0.717, 1.165) is 25.4 Å². The van der Waals surface area contributed by atoms with E-state index in [2.05, 4.69) is 23.2 Å². The van der Waals surface area contributed by atoms with E-state index < -0.39 is 0 Å². The molecular weight excluding hydrogens is 208 g/mol. The fraction of sp³-hybridized carbons (Fsp3) is 0.417. The first-order valence-electron chi connectivity index (χ1n) is 5.35. The lowest BCUT2D eigenvalue weighted by molar-refractivity contribution is 0.514. The Labute approximate surface area is 94.7 Å². The second-order valence-electron chi connectivity index (χ2n) is 4.38. The second kappa shape index (κ2) is 3.62. The maximum absolute atomic E-state index is 6.00. The molecular formula is C12H13ClN2. The van der Waals surface area contributed by atoms with Crippen molar-refractivity contribution in [3.8, 4) is 0 Å². The zero-order chi connectivity index (χ0) is 10.3. The van der Waals surface area contributed by atoms with Gasteiger partial charge in [-0.25, -0.2) is 4.42 Å². The number of pyridine rings is 1. The van der Waals surface area contributed by atoms with Crippen molar-refractivity contribution in [3.05, 3.63) is 36.2 Å². The number of allylic oxidation sites excluding steroid dienone is 1. The molecule has 3 rings (SSSR count). The topological polar surface area (TPSA) is 16.1 Å². The molecule has 1 aromatic rings. The molecule has 1 saturated heterocycles. The summed E-state index contributed by atoms with van der Waals surface area (Å²) in [5, 5.41) is 0. The Kier molecular flexibility index (Phi) is 2.26. The van der Waals surface area contributed by atoms with E-state index in [-0.39, 0.29) is 0 Å². The van der Waals surface area contributed by atoms with E-state index in [1.165, 1.54) is 11.1 Å².